The van der Waals surface area contributed by atoms with Crippen molar-refractivity contribution in [2.75, 3.05) is 0 Å². The van der Waals surface area contributed by atoms with Crippen LogP contribution in [0, 0.1) is 11.8 Å². The number of unbranched alkanes of at least 4 members (excludes halogenated alkanes) is 3. The third-order valence-corrected chi connectivity index (χ3v) is 4.63. The van der Waals surface area contributed by atoms with Crippen LogP contribution in [-0.4, -0.2) is 27.0 Å². The number of esters is 1. The summed E-state index contributed by atoms with van der Waals surface area (Å²) in [5, 5.41) is 8.64. The van der Waals surface area contributed by atoms with Gasteiger partial charge in [0.05, 0.1) is 0 Å². The van der Waals surface area contributed by atoms with E-state index in [0.29, 0.717) is 25.7 Å². The predicted molar refractivity (Wildman–Crippen MR) is 102 cm³/mol. The molecule has 6 heteroatoms. The molecule has 1 unspecified atom stereocenters. The number of pyridine rings is 2. The first-order valence-electron chi connectivity index (χ1n) is 9.43. The van der Waals surface area contributed by atoms with Gasteiger partial charge in [0.1, 0.15) is 6.10 Å². The average molecular weight is 378 g/mol. The first-order valence-corrected chi connectivity index (χ1v) is 9.43. The van der Waals surface area contributed by atoms with E-state index in [-0.39, 0.29) is 12.4 Å². The first-order chi connectivity index (χ1) is 13.6. The van der Waals surface area contributed by atoms with Gasteiger partial charge in [-0.15, -0.1) is 0 Å². The molecule has 2 aromatic heterocycles. The van der Waals surface area contributed by atoms with Crippen LogP contribution in [0.5, 0.6) is 0 Å². The van der Waals surface area contributed by atoms with Gasteiger partial charge < -0.3 is 9.84 Å². The number of carbonyl (C=O) groups excluding carboxylic acids is 1. The van der Waals surface area contributed by atoms with Gasteiger partial charge in [-0.05, 0) is 30.5 Å². The lowest BCUT2D eigenvalue weighted by Gasteiger charge is -2.21. The standard InChI is InChI=1S/C22H22N2O4/c25-21(26)5-3-1-2-4-6-22(27)28-20-13-18-14-23-11-9-16(18)7-8-17-10-12-24-15-19(17)20/h9-12,14-15,20H,1-6,13H2,(H,25,26). The van der Waals surface area contributed by atoms with Gasteiger partial charge in [-0.3, -0.25) is 19.6 Å². The Labute approximate surface area is 164 Å². The summed E-state index contributed by atoms with van der Waals surface area (Å²) in [5.74, 6) is 5.25. The molecule has 1 atom stereocenters. The van der Waals surface area contributed by atoms with E-state index in [4.69, 9.17) is 9.84 Å². The number of hydrogen-bond acceptors (Lipinski definition) is 5. The largest absolute Gasteiger partial charge is 0.481 e. The number of carboxylic acid groups (broad SMARTS) is 1. The summed E-state index contributed by atoms with van der Waals surface area (Å²) in [6, 6.07) is 3.70. The summed E-state index contributed by atoms with van der Waals surface area (Å²) in [5.41, 5.74) is 3.44. The minimum atomic E-state index is -0.783. The van der Waals surface area contributed by atoms with Crippen LogP contribution in [0.2, 0.25) is 0 Å². The van der Waals surface area contributed by atoms with Crippen molar-refractivity contribution in [2.24, 2.45) is 0 Å². The van der Waals surface area contributed by atoms with Crippen LogP contribution in [0.3, 0.4) is 0 Å². The number of nitrogens with zero attached hydrogens (tertiary/aromatic N) is 2. The zero-order chi connectivity index (χ0) is 19.8. The van der Waals surface area contributed by atoms with Crippen LogP contribution in [0.1, 0.15) is 66.9 Å². The fourth-order valence-electron chi connectivity index (χ4n) is 3.16. The smallest absolute Gasteiger partial charge is 0.306 e. The van der Waals surface area contributed by atoms with Crippen molar-refractivity contribution < 1.29 is 19.4 Å². The Bertz CT molecular complexity index is 914. The van der Waals surface area contributed by atoms with Gasteiger partial charge in [-0.2, -0.15) is 0 Å². The van der Waals surface area contributed by atoms with E-state index in [1.807, 2.05) is 12.1 Å². The molecule has 2 heterocycles. The predicted octanol–water partition coefficient (Wildman–Crippen LogP) is 3.44. The van der Waals surface area contributed by atoms with E-state index >= 15 is 0 Å². The quantitative estimate of drug-likeness (QED) is 0.430. The molecule has 0 aliphatic heterocycles. The highest BCUT2D eigenvalue weighted by Crippen LogP contribution is 2.28. The molecule has 2 aromatic rings. The van der Waals surface area contributed by atoms with Gasteiger partial charge in [-0.1, -0.05) is 24.7 Å². The van der Waals surface area contributed by atoms with Gasteiger partial charge in [0.15, 0.2) is 0 Å². The molecular weight excluding hydrogens is 356 g/mol. The van der Waals surface area contributed by atoms with E-state index in [2.05, 4.69) is 21.8 Å². The second-order valence-corrected chi connectivity index (χ2v) is 6.74. The third kappa shape index (κ3) is 5.40. The summed E-state index contributed by atoms with van der Waals surface area (Å²) < 4.78 is 5.79. The molecule has 1 aliphatic carbocycles. The number of aromatic nitrogens is 2. The Hall–Kier alpha value is -3.20. The Morgan fingerprint density at radius 3 is 2.46 bits per heavy atom. The molecule has 0 aromatic carbocycles. The lowest BCUT2D eigenvalue weighted by atomic mass is 9.94. The highest BCUT2D eigenvalue weighted by atomic mass is 16.5. The number of carbonyl (C=O) groups is 2. The molecule has 6 nitrogen and oxygen atoms in total. The maximum absolute atomic E-state index is 12.4. The lowest BCUT2D eigenvalue weighted by Crippen LogP contribution is -2.16. The van der Waals surface area contributed by atoms with Crippen molar-refractivity contribution in [2.45, 2.75) is 51.0 Å². The molecule has 1 N–H and O–H groups in total. The topological polar surface area (TPSA) is 89.4 Å². The molecule has 144 valence electrons. The maximum Gasteiger partial charge on any atom is 0.306 e. The molecule has 28 heavy (non-hydrogen) atoms. The van der Waals surface area contributed by atoms with Crippen molar-refractivity contribution in [1.82, 2.24) is 9.97 Å². The molecule has 0 amide bonds. The first kappa shape index (κ1) is 19.6. The summed E-state index contributed by atoms with van der Waals surface area (Å²) in [4.78, 5) is 31.2. The fourth-order valence-corrected chi connectivity index (χ4v) is 3.16. The van der Waals surface area contributed by atoms with Gasteiger partial charge in [0.2, 0.25) is 0 Å². The van der Waals surface area contributed by atoms with Crippen molar-refractivity contribution in [1.29, 1.82) is 0 Å². The van der Waals surface area contributed by atoms with Gasteiger partial charge in [0, 0.05) is 60.7 Å². The van der Waals surface area contributed by atoms with Crippen molar-refractivity contribution in [3.63, 3.8) is 0 Å². The summed E-state index contributed by atoms with van der Waals surface area (Å²) in [6.07, 6.45) is 10.3. The van der Waals surface area contributed by atoms with E-state index in [1.165, 1.54) is 0 Å². The van der Waals surface area contributed by atoms with Crippen molar-refractivity contribution in [3.05, 3.63) is 59.2 Å². The zero-order valence-electron chi connectivity index (χ0n) is 15.6. The van der Waals surface area contributed by atoms with E-state index < -0.39 is 12.1 Å². The number of rotatable bonds is 8. The number of fused-ring (bicyclic) bond motifs is 2. The molecule has 0 saturated carbocycles. The van der Waals surface area contributed by atoms with Crippen molar-refractivity contribution >= 4 is 11.9 Å². The van der Waals surface area contributed by atoms with Crippen LogP contribution in [0.15, 0.2) is 36.9 Å². The Kier molecular flexibility index (Phi) is 6.74. The number of carboxylic acids is 1. The Morgan fingerprint density at radius 1 is 1.00 bits per heavy atom. The molecule has 0 bridgehead atoms. The van der Waals surface area contributed by atoms with Crippen LogP contribution in [-0.2, 0) is 20.7 Å². The second-order valence-electron chi connectivity index (χ2n) is 6.74. The number of aliphatic carboxylic acids is 1. The molecule has 0 fully saturated rings. The average Bonchev–Trinajstić information content (AvgIpc) is 2.68. The van der Waals surface area contributed by atoms with Crippen LogP contribution in [0.25, 0.3) is 0 Å². The van der Waals surface area contributed by atoms with E-state index in [0.717, 1.165) is 35.1 Å². The highest BCUT2D eigenvalue weighted by molar-refractivity contribution is 5.70. The number of ether oxygens (including phenoxy) is 1. The van der Waals surface area contributed by atoms with Crippen LogP contribution < -0.4 is 0 Å². The summed E-state index contributed by atoms with van der Waals surface area (Å²) >= 11 is 0. The molecule has 1 aliphatic rings. The Morgan fingerprint density at radius 2 is 1.68 bits per heavy atom. The van der Waals surface area contributed by atoms with Gasteiger partial charge in [-0.25, -0.2) is 0 Å². The van der Waals surface area contributed by atoms with Crippen LogP contribution >= 0.6 is 0 Å². The lowest BCUT2D eigenvalue weighted by molar-refractivity contribution is -0.149. The number of hydrogen-bond donors (Lipinski definition) is 1. The van der Waals surface area contributed by atoms with E-state index in [9.17, 15) is 9.59 Å². The van der Waals surface area contributed by atoms with Crippen molar-refractivity contribution in [3.8, 4) is 11.8 Å². The SMILES string of the molecule is O=C(O)CCCCCCC(=O)OC1Cc2cnccc2C#Cc2ccncc21. The van der Waals surface area contributed by atoms with E-state index in [1.54, 1.807) is 24.8 Å². The highest BCUT2D eigenvalue weighted by Gasteiger charge is 2.22. The molecule has 3 rings (SSSR count). The molecule has 0 saturated heterocycles. The molecule has 0 radical (unpaired) electrons. The minimum Gasteiger partial charge on any atom is -0.481 e. The normalized spacial score (nSPS) is 14.5. The van der Waals surface area contributed by atoms with Gasteiger partial charge >= 0.3 is 11.9 Å². The summed E-state index contributed by atoms with van der Waals surface area (Å²) in [7, 11) is 0. The molecular formula is C22H22N2O4. The van der Waals surface area contributed by atoms with Gasteiger partial charge in [0.25, 0.3) is 0 Å². The van der Waals surface area contributed by atoms with Crippen LogP contribution in [0.4, 0.5) is 0 Å². The zero-order valence-corrected chi connectivity index (χ0v) is 15.6. The minimum absolute atomic E-state index is 0.171. The molecule has 0 spiro atoms. The second kappa shape index (κ2) is 9.65. The summed E-state index contributed by atoms with van der Waals surface area (Å²) in [6.45, 7) is 0. The Balaban J connectivity index is 1.64. The fraction of sp³-hybridized carbons (Fsp3) is 0.364. The third-order valence-electron chi connectivity index (χ3n) is 4.63. The monoisotopic (exact) mass is 378 g/mol. The maximum atomic E-state index is 12.4.